The lowest BCUT2D eigenvalue weighted by atomic mass is 10.0. The van der Waals surface area contributed by atoms with Crippen LogP contribution in [0.5, 0.6) is 0 Å². The van der Waals surface area contributed by atoms with Gasteiger partial charge in [0.1, 0.15) is 5.82 Å². The Hall–Kier alpha value is -3.06. The van der Waals surface area contributed by atoms with Crippen LogP contribution in [0.2, 0.25) is 5.02 Å². The van der Waals surface area contributed by atoms with Crippen LogP contribution < -0.4 is 4.90 Å². The molecule has 1 saturated heterocycles. The van der Waals surface area contributed by atoms with Crippen molar-refractivity contribution in [1.82, 2.24) is 19.9 Å². The minimum Gasteiger partial charge on any atom is -0.347 e. The molecule has 3 aromatic rings. The molecule has 0 aliphatic carbocycles. The second kappa shape index (κ2) is 8.36. The van der Waals surface area contributed by atoms with Crippen molar-refractivity contribution in [3.63, 3.8) is 0 Å². The van der Waals surface area contributed by atoms with E-state index in [1.54, 1.807) is 23.5 Å². The molecule has 30 heavy (non-hydrogen) atoms. The van der Waals surface area contributed by atoms with Crippen LogP contribution in [0, 0.1) is 5.82 Å². The average molecular weight is 426 g/mol. The Morgan fingerprint density at radius 3 is 2.70 bits per heavy atom. The summed E-state index contributed by atoms with van der Waals surface area (Å²) in [6, 6.07) is 7.65. The maximum absolute atomic E-state index is 13.6. The number of aromatic nitrogens is 3. The van der Waals surface area contributed by atoms with E-state index in [1.165, 1.54) is 18.2 Å². The second-order valence-electron chi connectivity index (χ2n) is 7.38. The van der Waals surface area contributed by atoms with Gasteiger partial charge in [-0.1, -0.05) is 11.6 Å². The highest BCUT2D eigenvalue weighted by atomic mass is 35.5. The van der Waals surface area contributed by atoms with Gasteiger partial charge in [0.15, 0.2) is 0 Å². The van der Waals surface area contributed by atoms with Crippen LogP contribution in [0.1, 0.15) is 34.9 Å². The lowest BCUT2D eigenvalue weighted by Gasteiger charge is -2.27. The fourth-order valence-electron chi connectivity index (χ4n) is 3.70. The summed E-state index contributed by atoms with van der Waals surface area (Å²) < 4.78 is 13.6. The first kappa shape index (κ1) is 20.2. The summed E-state index contributed by atoms with van der Waals surface area (Å²) in [5, 5.41) is -0.0639. The van der Waals surface area contributed by atoms with Crippen LogP contribution >= 0.6 is 11.6 Å². The van der Waals surface area contributed by atoms with E-state index in [1.807, 2.05) is 31.1 Å². The predicted molar refractivity (Wildman–Crippen MR) is 114 cm³/mol. The fourth-order valence-corrected chi connectivity index (χ4v) is 3.88. The van der Waals surface area contributed by atoms with Gasteiger partial charge < -0.3 is 9.80 Å². The monoisotopic (exact) mass is 425 g/mol. The summed E-state index contributed by atoms with van der Waals surface area (Å²) in [6.07, 6.45) is 6.86. The Labute approximate surface area is 179 Å². The van der Waals surface area contributed by atoms with Gasteiger partial charge >= 0.3 is 0 Å². The Bertz CT molecular complexity index is 1080. The Morgan fingerprint density at radius 2 is 2.00 bits per heavy atom. The summed E-state index contributed by atoms with van der Waals surface area (Å²) >= 11 is 5.90. The van der Waals surface area contributed by atoms with E-state index in [-0.39, 0.29) is 17.0 Å². The molecular formula is C22H21ClFN5O. The summed E-state index contributed by atoms with van der Waals surface area (Å²) in [7, 11) is 3.76. The molecular weight excluding hydrogens is 405 g/mol. The van der Waals surface area contributed by atoms with E-state index >= 15 is 0 Å². The molecule has 1 fully saturated rings. The molecule has 1 amide bonds. The van der Waals surface area contributed by atoms with Crippen LogP contribution in [-0.4, -0.2) is 46.4 Å². The van der Waals surface area contributed by atoms with Crippen LogP contribution in [0.4, 0.5) is 10.3 Å². The number of halogens is 2. The number of benzene rings is 1. The van der Waals surface area contributed by atoms with Crippen molar-refractivity contribution >= 4 is 23.5 Å². The number of hydrogen-bond donors (Lipinski definition) is 0. The first-order valence-electron chi connectivity index (χ1n) is 9.66. The number of likely N-dealkylation sites (tertiary alicyclic amines) is 1. The van der Waals surface area contributed by atoms with Crippen molar-refractivity contribution in [3.8, 4) is 11.1 Å². The van der Waals surface area contributed by atoms with Crippen LogP contribution in [0.15, 0.2) is 48.9 Å². The molecule has 0 bridgehead atoms. The van der Waals surface area contributed by atoms with Crippen molar-refractivity contribution in [3.05, 3.63) is 71.0 Å². The van der Waals surface area contributed by atoms with Gasteiger partial charge in [0.25, 0.3) is 5.91 Å². The van der Waals surface area contributed by atoms with Gasteiger partial charge in [-0.25, -0.2) is 14.4 Å². The number of anilines is 1. The summed E-state index contributed by atoms with van der Waals surface area (Å²) in [6.45, 7) is 0.593. The first-order chi connectivity index (χ1) is 14.5. The molecule has 8 heteroatoms. The molecule has 154 valence electrons. The molecule has 4 rings (SSSR count). The number of rotatable bonds is 4. The molecule has 1 aliphatic rings. The maximum Gasteiger partial charge on any atom is 0.254 e. The quantitative estimate of drug-likeness (QED) is 0.621. The average Bonchev–Trinajstić information content (AvgIpc) is 3.25. The van der Waals surface area contributed by atoms with E-state index in [9.17, 15) is 9.18 Å². The lowest BCUT2D eigenvalue weighted by Crippen LogP contribution is -2.31. The molecule has 2 aromatic heterocycles. The fraction of sp³-hybridized carbons (Fsp3) is 0.273. The number of carbonyl (C=O) groups excluding carboxylic acids is 1. The zero-order valence-electron chi connectivity index (χ0n) is 16.7. The molecule has 1 aliphatic heterocycles. The van der Waals surface area contributed by atoms with Gasteiger partial charge in [-0.3, -0.25) is 9.78 Å². The van der Waals surface area contributed by atoms with Gasteiger partial charge in [-0.15, -0.1) is 0 Å². The van der Waals surface area contributed by atoms with E-state index < -0.39 is 5.82 Å². The van der Waals surface area contributed by atoms with E-state index in [2.05, 4.69) is 9.97 Å². The van der Waals surface area contributed by atoms with E-state index in [4.69, 9.17) is 16.6 Å². The second-order valence-corrected chi connectivity index (χ2v) is 7.79. The molecule has 0 unspecified atom stereocenters. The van der Waals surface area contributed by atoms with Gasteiger partial charge in [-0.05, 0) is 48.7 Å². The predicted octanol–water partition coefficient (Wildman–Crippen LogP) is 4.37. The van der Waals surface area contributed by atoms with Gasteiger partial charge in [0.2, 0.25) is 5.95 Å². The third kappa shape index (κ3) is 3.85. The smallest absolute Gasteiger partial charge is 0.254 e. The highest BCUT2D eigenvalue weighted by molar-refractivity contribution is 6.31. The number of pyridine rings is 1. The topological polar surface area (TPSA) is 62.2 Å². The van der Waals surface area contributed by atoms with Crippen LogP contribution in [0.25, 0.3) is 11.1 Å². The highest BCUT2D eigenvalue weighted by Crippen LogP contribution is 2.38. The third-order valence-corrected chi connectivity index (χ3v) is 5.48. The van der Waals surface area contributed by atoms with Crippen molar-refractivity contribution in [2.24, 2.45) is 0 Å². The Morgan fingerprint density at radius 1 is 1.23 bits per heavy atom. The Balaban J connectivity index is 1.76. The molecule has 0 saturated carbocycles. The van der Waals surface area contributed by atoms with Gasteiger partial charge in [0.05, 0.1) is 16.8 Å². The molecule has 0 N–H and O–H groups in total. The van der Waals surface area contributed by atoms with Gasteiger partial charge in [0, 0.05) is 50.4 Å². The molecule has 0 spiro atoms. The minimum atomic E-state index is -0.544. The van der Waals surface area contributed by atoms with Crippen molar-refractivity contribution < 1.29 is 9.18 Å². The minimum absolute atomic E-state index is 0.0639. The molecule has 3 heterocycles. The molecule has 0 radical (unpaired) electrons. The van der Waals surface area contributed by atoms with E-state index in [0.717, 1.165) is 29.7 Å². The maximum atomic E-state index is 13.6. The Kier molecular flexibility index (Phi) is 5.63. The van der Waals surface area contributed by atoms with Crippen molar-refractivity contribution in [1.29, 1.82) is 0 Å². The number of nitrogens with zero attached hydrogens (tertiary/aromatic N) is 5. The number of amides is 1. The first-order valence-corrected chi connectivity index (χ1v) is 10.0. The normalized spacial score (nSPS) is 16.0. The lowest BCUT2D eigenvalue weighted by molar-refractivity contribution is 0.0733. The number of carbonyl (C=O) groups is 1. The standard InChI is InChI=1S/C22H21ClFN5O/c1-28(2)22-26-13-16(14-7-9-25-10-8-14)20(27-22)19-4-3-11-29(19)21(30)15-5-6-18(24)17(23)12-15/h5-10,12-13,19H,3-4,11H2,1-2H3/t19-/m0/s1. The SMILES string of the molecule is CN(C)c1ncc(-c2ccncc2)c([C@@H]2CCCN2C(=O)c2ccc(F)c(Cl)c2)n1. The largest absolute Gasteiger partial charge is 0.347 e. The third-order valence-electron chi connectivity index (χ3n) is 5.19. The highest BCUT2D eigenvalue weighted by Gasteiger charge is 2.34. The molecule has 1 aromatic carbocycles. The van der Waals surface area contributed by atoms with Crippen molar-refractivity contribution in [2.75, 3.05) is 25.5 Å². The summed E-state index contributed by atoms with van der Waals surface area (Å²) in [4.78, 5) is 30.2. The van der Waals surface area contributed by atoms with Crippen LogP contribution in [0.3, 0.4) is 0 Å². The van der Waals surface area contributed by atoms with E-state index in [0.29, 0.717) is 18.1 Å². The van der Waals surface area contributed by atoms with Crippen molar-refractivity contribution in [2.45, 2.75) is 18.9 Å². The zero-order chi connectivity index (χ0) is 21.3. The van der Waals surface area contributed by atoms with Crippen LogP contribution in [-0.2, 0) is 0 Å². The summed E-state index contributed by atoms with van der Waals surface area (Å²) in [5.74, 6) is -0.158. The molecule has 6 nitrogen and oxygen atoms in total. The van der Waals surface area contributed by atoms with Gasteiger partial charge in [-0.2, -0.15) is 0 Å². The summed E-state index contributed by atoms with van der Waals surface area (Å²) in [5.41, 5.74) is 2.96. The number of hydrogen-bond acceptors (Lipinski definition) is 5. The molecule has 1 atom stereocenters. The zero-order valence-corrected chi connectivity index (χ0v) is 17.5.